The van der Waals surface area contributed by atoms with Crippen LogP contribution in [-0.4, -0.2) is 9.55 Å². The van der Waals surface area contributed by atoms with Crippen LogP contribution in [0.4, 0.5) is 0 Å². The zero-order valence-electron chi connectivity index (χ0n) is 12.8. The van der Waals surface area contributed by atoms with Crippen molar-refractivity contribution in [1.29, 1.82) is 0 Å². The van der Waals surface area contributed by atoms with Crippen molar-refractivity contribution in [1.82, 2.24) is 9.55 Å². The monoisotopic (exact) mass is 314 g/mol. The fourth-order valence-electron chi connectivity index (χ4n) is 2.60. The lowest BCUT2D eigenvalue weighted by Crippen LogP contribution is -2.07. The quantitative estimate of drug-likeness (QED) is 0.663. The lowest BCUT2D eigenvalue weighted by molar-refractivity contribution is 0.288. The van der Waals surface area contributed by atoms with Gasteiger partial charge in [0, 0.05) is 11.6 Å². The van der Waals surface area contributed by atoms with Crippen LogP contribution in [0.1, 0.15) is 24.7 Å². The molecular weight excluding hydrogens is 296 g/mol. The minimum atomic E-state index is 0.456. The van der Waals surface area contributed by atoms with Crippen molar-refractivity contribution in [3.8, 4) is 5.75 Å². The summed E-state index contributed by atoms with van der Waals surface area (Å²) >= 11 is 6.07. The van der Waals surface area contributed by atoms with Crippen LogP contribution in [-0.2, 0) is 13.2 Å². The number of nitrogens with zero attached hydrogens (tertiary/aromatic N) is 2. The predicted molar refractivity (Wildman–Crippen MR) is 90.5 cm³/mol. The maximum absolute atomic E-state index is 6.07. The molecule has 1 heterocycles. The highest BCUT2D eigenvalue weighted by Crippen LogP contribution is 2.23. The van der Waals surface area contributed by atoms with E-state index >= 15 is 0 Å². The van der Waals surface area contributed by atoms with E-state index in [2.05, 4.69) is 11.5 Å². The molecule has 0 fully saturated rings. The van der Waals surface area contributed by atoms with Crippen LogP contribution in [0.3, 0.4) is 0 Å². The second kappa shape index (κ2) is 6.41. The molecule has 3 aromatic rings. The van der Waals surface area contributed by atoms with Crippen molar-refractivity contribution in [3.63, 3.8) is 0 Å². The first-order valence-corrected chi connectivity index (χ1v) is 7.90. The largest absolute Gasteiger partial charge is 0.485 e. The number of aryl methyl sites for hydroxylation is 2. The Morgan fingerprint density at radius 2 is 2.00 bits per heavy atom. The molecule has 0 saturated heterocycles. The van der Waals surface area contributed by atoms with Crippen LogP contribution in [0.5, 0.6) is 5.75 Å². The molecular formula is C18H19ClN2O. The van der Waals surface area contributed by atoms with Gasteiger partial charge in [0.05, 0.1) is 11.0 Å². The Morgan fingerprint density at radius 3 is 2.77 bits per heavy atom. The third-order valence-electron chi connectivity index (χ3n) is 3.69. The van der Waals surface area contributed by atoms with Crippen LogP contribution in [0.2, 0.25) is 5.02 Å². The van der Waals surface area contributed by atoms with Gasteiger partial charge >= 0.3 is 0 Å². The van der Waals surface area contributed by atoms with Crippen LogP contribution in [0, 0.1) is 6.92 Å². The van der Waals surface area contributed by atoms with E-state index in [4.69, 9.17) is 21.3 Å². The van der Waals surface area contributed by atoms with Gasteiger partial charge in [0.1, 0.15) is 18.2 Å². The van der Waals surface area contributed by atoms with E-state index in [0.29, 0.717) is 11.6 Å². The van der Waals surface area contributed by atoms with Gasteiger partial charge < -0.3 is 9.30 Å². The van der Waals surface area contributed by atoms with Crippen molar-refractivity contribution in [3.05, 3.63) is 58.9 Å². The molecule has 0 bridgehead atoms. The first-order chi connectivity index (χ1) is 10.7. The summed E-state index contributed by atoms with van der Waals surface area (Å²) in [6.45, 7) is 5.58. The summed E-state index contributed by atoms with van der Waals surface area (Å²) in [6.07, 6.45) is 1.05. The van der Waals surface area contributed by atoms with Gasteiger partial charge in [-0.1, -0.05) is 36.7 Å². The summed E-state index contributed by atoms with van der Waals surface area (Å²) in [6, 6.07) is 13.9. The van der Waals surface area contributed by atoms with Gasteiger partial charge in [-0.15, -0.1) is 0 Å². The van der Waals surface area contributed by atoms with E-state index in [1.165, 1.54) is 0 Å². The molecule has 114 valence electrons. The molecule has 22 heavy (non-hydrogen) atoms. The maximum Gasteiger partial charge on any atom is 0.147 e. The molecule has 1 aromatic heterocycles. The summed E-state index contributed by atoms with van der Waals surface area (Å²) in [7, 11) is 0. The van der Waals surface area contributed by atoms with E-state index in [1.807, 2.05) is 49.4 Å². The normalized spacial score (nSPS) is 11.0. The van der Waals surface area contributed by atoms with Gasteiger partial charge in [0.25, 0.3) is 0 Å². The first-order valence-electron chi connectivity index (χ1n) is 7.52. The van der Waals surface area contributed by atoms with Crippen molar-refractivity contribution < 1.29 is 4.74 Å². The number of imidazole rings is 1. The summed E-state index contributed by atoms with van der Waals surface area (Å²) in [4.78, 5) is 4.69. The molecule has 2 aromatic carbocycles. The molecule has 0 unspecified atom stereocenters. The SMILES string of the molecule is CCCn1c(COc2ccccc2C)nc2cc(Cl)ccc21. The van der Waals surface area contributed by atoms with Crippen LogP contribution < -0.4 is 4.74 Å². The number of ether oxygens (including phenoxy) is 1. The van der Waals surface area contributed by atoms with Crippen LogP contribution in [0.25, 0.3) is 11.0 Å². The molecule has 3 nitrogen and oxygen atoms in total. The van der Waals surface area contributed by atoms with Gasteiger partial charge in [0.15, 0.2) is 0 Å². The molecule has 0 saturated carbocycles. The van der Waals surface area contributed by atoms with Crippen molar-refractivity contribution in [2.24, 2.45) is 0 Å². The average Bonchev–Trinajstić information content (AvgIpc) is 2.84. The molecule has 0 atom stereocenters. The summed E-state index contributed by atoms with van der Waals surface area (Å²) in [5.41, 5.74) is 3.16. The van der Waals surface area contributed by atoms with Gasteiger partial charge in [0.2, 0.25) is 0 Å². The molecule has 0 N–H and O–H groups in total. The highest BCUT2D eigenvalue weighted by molar-refractivity contribution is 6.31. The van der Waals surface area contributed by atoms with Gasteiger partial charge in [-0.3, -0.25) is 0 Å². The molecule has 0 radical (unpaired) electrons. The standard InChI is InChI=1S/C18H19ClN2O/c1-3-10-21-16-9-8-14(19)11-15(16)20-18(21)12-22-17-7-5-4-6-13(17)2/h4-9,11H,3,10,12H2,1-2H3. The highest BCUT2D eigenvalue weighted by atomic mass is 35.5. The second-order valence-corrected chi connectivity index (χ2v) is 5.80. The van der Waals surface area contributed by atoms with Gasteiger partial charge in [-0.2, -0.15) is 0 Å². The number of benzene rings is 2. The number of halogens is 1. The third-order valence-corrected chi connectivity index (χ3v) is 3.92. The Kier molecular flexibility index (Phi) is 4.34. The number of aromatic nitrogens is 2. The molecule has 3 rings (SSSR count). The summed E-state index contributed by atoms with van der Waals surface area (Å²) < 4.78 is 8.17. The van der Waals surface area contributed by atoms with Crippen molar-refractivity contribution >= 4 is 22.6 Å². The van der Waals surface area contributed by atoms with E-state index in [-0.39, 0.29) is 0 Å². The van der Waals surface area contributed by atoms with Gasteiger partial charge in [-0.05, 0) is 43.2 Å². The number of para-hydroxylation sites is 1. The lowest BCUT2D eigenvalue weighted by Gasteiger charge is -2.11. The Labute approximate surface area is 135 Å². The van der Waals surface area contributed by atoms with E-state index < -0.39 is 0 Å². The number of hydrogen-bond acceptors (Lipinski definition) is 2. The zero-order valence-corrected chi connectivity index (χ0v) is 13.6. The Bertz CT molecular complexity index is 795. The third kappa shape index (κ3) is 2.95. The molecule has 0 aliphatic rings. The van der Waals surface area contributed by atoms with E-state index in [9.17, 15) is 0 Å². The Hall–Kier alpha value is -2.00. The first kappa shape index (κ1) is 14.9. The maximum atomic E-state index is 6.07. The summed E-state index contributed by atoms with van der Waals surface area (Å²) in [5, 5.41) is 0.708. The Balaban J connectivity index is 1.92. The minimum absolute atomic E-state index is 0.456. The van der Waals surface area contributed by atoms with Crippen LogP contribution >= 0.6 is 11.6 Å². The second-order valence-electron chi connectivity index (χ2n) is 5.37. The molecule has 0 spiro atoms. The molecule has 4 heteroatoms. The number of hydrogen-bond donors (Lipinski definition) is 0. The zero-order chi connectivity index (χ0) is 15.5. The van der Waals surface area contributed by atoms with E-state index in [0.717, 1.165) is 41.1 Å². The predicted octanol–water partition coefficient (Wildman–Crippen LogP) is 4.99. The topological polar surface area (TPSA) is 27.1 Å². The molecule has 0 aliphatic carbocycles. The van der Waals surface area contributed by atoms with Crippen LogP contribution in [0.15, 0.2) is 42.5 Å². The minimum Gasteiger partial charge on any atom is -0.485 e. The highest BCUT2D eigenvalue weighted by Gasteiger charge is 2.11. The fourth-order valence-corrected chi connectivity index (χ4v) is 2.76. The summed E-state index contributed by atoms with van der Waals surface area (Å²) in [5.74, 6) is 1.83. The Morgan fingerprint density at radius 1 is 1.18 bits per heavy atom. The lowest BCUT2D eigenvalue weighted by atomic mass is 10.2. The van der Waals surface area contributed by atoms with Crippen molar-refractivity contribution in [2.75, 3.05) is 0 Å². The number of fused-ring (bicyclic) bond motifs is 1. The average molecular weight is 315 g/mol. The smallest absolute Gasteiger partial charge is 0.147 e. The van der Waals surface area contributed by atoms with E-state index in [1.54, 1.807) is 0 Å². The fraction of sp³-hybridized carbons (Fsp3) is 0.278. The molecule has 0 aliphatic heterocycles. The number of rotatable bonds is 5. The molecule has 0 amide bonds. The van der Waals surface area contributed by atoms with Crippen molar-refractivity contribution in [2.45, 2.75) is 33.4 Å². The van der Waals surface area contributed by atoms with Gasteiger partial charge in [-0.25, -0.2) is 4.98 Å².